The molecule has 0 aliphatic rings. The molecular weight excluding hydrogens is 721 g/mol. The lowest BCUT2D eigenvalue weighted by Crippen LogP contribution is -2.30. The van der Waals surface area contributed by atoms with Crippen LogP contribution in [-0.4, -0.2) is 37.2 Å². The maximum Gasteiger partial charge on any atom is 0.306 e. The van der Waals surface area contributed by atoms with Crippen molar-refractivity contribution >= 4 is 17.9 Å². The summed E-state index contributed by atoms with van der Waals surface area (Å²) in [4.78, 5) is 37.8. The van der Waals surface area contributed by atoms with E-state index < -0.39 is 6.10 Å². The SMILES string of the molecule is CCCCC\C=C/C=C\C=C/C=C\CCCCCCCC(=O)OCC(COC(=O)CCCCCCCCCCCC)OC(=O)CCCCCCC/C=C\CCCCC. The molecule has 0 aromatic heterocycles. The summed E-state index contributed by atoms with van der Waals surface area (Å²) in [5.74, 6) is -0.918. The fraction of sp³-hybridized carbons (Fsp3) is 0.750. The third kappa shape index (κ3) is 44.2. The number of rotatable bonds is 43. The molecule has 0 aliphatic heterocycles. The topological polar surface area (TPSA) is 78.9 Å². The van der Waals surface area contributed by atoms with Gasteiger partial charge in [-0.15, -0.1) is 0 Å². The molecule has 58 heavy (non-hydrogen) atoms. The molecule has 0 amide bonds. The van der Waals surface area contributed by atoms with Crippen LogP contribution in [0.5, 0.6) is 0 Å². The van der Waals surface area contributed by atoms with Gasteiger partial charge < -0.3 is 14.2 Å². The summed E-state index contributed by atoms with van der Waals surface area (Å²) >= 11 is 0. The van der Waals surface area contributed by atoms with Crippen molar-refractivity contribution in [1.82, 2.24) is 0 Å². The maximum absolute atomic E-state index is 12.7. The Kier molecular flexibility index (Phi) is 44.5. The molecule has 0 spiro atoms. The Balaban J connectivity index is 4.40. The smallest absolute Gasteiger partial charge is 0.306 e. The fourth-order valence-corrected chi connectivity index (χ4v) is 6.62. The second-order valence-corrected chi connectivity index (χ2v) is 16.1. The number of allylic oxidation sites excluding steroid dienone is 10. The lowest BCUT2D eigenvalue weighted by atomic mass is 10.1. The first kappa shape index (κ1) is 55.1. The van der Waals surface area contributed by atoms with Gasteiger partial charge in [-0.25, -0.2) is 0 Å². The van der Waals surface area contributed by atoms with Crippen LogP contribution in [0.15, 0.2) is 60.8 Å². The van der Waals surface area contributed by atoms with Crippen molar-refractivity contribution in [1.29, 1.82) is 0 Å². The van der Waals surface area contributed by atoms with Crippen molar-refractivity contribution in [3.8, 4) is 0 Å². The summed E-state index contributed by atoms with van der Waals surface area (Å²) in [6.45, 7) is 6.53. The van der Waals surface area contributed by atoms with Gasteiger partial charge in [0, 0.05) is 19.3 Å². The van der Waals surface area contributed by atoms with Crippen molar-refractivity contribution in [2.45, 2.75) is 239 Å². The molecule has 0 aromatic rings. The van der Waals surface area contributed by atoms with E-state index in [1.807, 2.05) is 0 Å². The van der Waals surface area contributed by atoms with Gasteiger partial charge in [0.25, 0.3) is 0 Å². The molecule has 0 saturated carbocycles. The Hall–Kier alpha value is -2.89. The van der Waals surface area contributed by atoms with Gasteiger partial charge in [-0.2, -0.15) is 0 Å². The molecule has 0 bridgehead atoms. The molecule has 334 valence electrons. The average molecular weight is 811 g/mol. The van der Waals surface area contributed by atoms with Crippen LogP contribution in [0.3, 0.4) is 0 Å². The van der Waals surface area contributed by atoms with Crippen LogP contribution in [0.4, 0.5) is 0 Å². The minimum Gasteiger partial charge on any atom is -0.462 e. The van der Waals surface area contributed by atoms with Crippen LogP contribution >= 0.6 is 0 Å². The lowest BCUT2D eigenvalue weighted by Gasteiger charge is -2.18. The van der Waals surface area contributed by atoms with Gasteiger partial charge in [-0.05, 0) is 70.6 Å². The Morgan fingerprint density at radius 1 is 0.345 bits per heavy atom. The number of ether oxygens (including phenoxy) is 3. The first-order valence-electron chi connectivity index (χ1n) is 24.3. The number of carbonyl (C=O) groups is 3. The van der Waals surface area contributed by atoms with E-state index in [9.17, 15) is 14.4 Å². The standard InChI is InChI=1S/C52H90O6/c1-4-7-10-13-16-19-22-24-25-26-27-28-29-31-33-36-39-42-45-51(54)57-48-49(47-56-50(53)44-41-38-35-32-21-18-15-12-9-6-3)58-52(55)46-43-40-37-34-30-23-20-17-14-11-8-5-2/h16-17,19-20,22,24-28,49H,4-15,18,21,23,29-48H2,1-3H3/b19-16-,20-17-,24-22-,26-25-,28-27-. The molecule has 0 radical (unpaired) electrons. The zero-order chi connectivity index (χ0) is 42.3. The maximum atomic E-state index is 12.7. The summed E-state index contributed by atoms with van der Waals surface area (Å²) in [6.07, 6.45) is 56.2. The summed E-state index contributed by atoms with van der Waals surface area (Å²) in [6, 6.07) is 0. The molecule has 6 heteroatoms. The van der Waals surface area contributed by atoms with Gasteiger partial charge in [0.2, 0.25) is 0 Å². The van der Waals surface area contributed by atoms with Crippen LogP contribution in [-0.2, 0) is 28.6 Å². The zero-order valence-corrected chi connectivity index (χ0v) is 38.0. The van der Waals surface area contributed by atoms with E-state index in [0.717, 1.165) is 96.3 Å². The molecule has 0 aromatic carbocycles. The molecule has 0 heterocycles. The Labute approximate surface area is 358 Å². The lowest BCUT2D eigenvalue weighted by molar-refractivity contribution is -0.167. The predicted octanol–water partition coefficient (Wildman–Crippen LogP) is 15.7. The third-order valence-corrected chi connectivity index (χ3v) is 10.3. The molecule has 0 rings (SSSR count). The minimum absolute atomic E-state index is 0.0843. The van der Waals surface area contributed by atoms with Crippen molar-refractivity contribution in [2.75, 3.05) is 13.2 Å². The highest BCUT2D eigenvalue weighted by Gasteiger charge is 2.19. The van der Waals surface area contributed by atoms with E-state index in [-0.39, 0.29) is 31.1 Å². The van der Waals surface area contributed by atoms with Gasteiger partial charge in [-0.1, -0.05) is 204 Å². The molecule has 0 fully saturated rings. The molecule has 0 saturated heterocycles. The molecule has 1 atom stereocenters. The van der Waals surface area contributed by atoms with Crippen molar-refractivity contribution in [3.05, 3.63) is 60.8 Å². The summed E-state index contributed by atoms with van der Waals surface area (Å²) < 4.78 is 16.7. The average Bonchev–Trinajstić information content (AvgIpc) is 3.22. The second-order valence-electron chi connectivity index (χ2n) is 16.1. The van der Waals surface area contributed by atoms with E-state index in [1.54, 1.807) is 0 Å². The van der Waals surface area contributed by atoms with Crippen LogP contribution < -0.4 is 0 Å². The van der Waals surface area contributed by atoms with Crippen molar-refractivity contribution in [2.24, 2.45) is 0 Å². The largest absolute Gasteiger partial charge is 0.462 e. The minimum atomic E-state index is -0.784. The molecule has 1 unspecified atom stereocenters. The van der Waals surface area contributed by atoms with Crippen molar-refractivity contribution in [3.63, 3.8) is 0 Å². The van der Waals surface area contributed by atoms with Crippen LogP contribution in [0.1, 0.15) is 233 Å². The molecule has 0 N–H and O–H groups in total. The third-order valence-electron chi connectivity index (χ3n) is 10.3. The number of hydrogen-bond donors (Lipinski definition) is 0. The fourth-order valence-electron chi connectivity index (χ4n) is 6.62. The van der Waals surface area contributed by atoms with E-state index >= 15 is 0 Å². The van der Waals surface area contributed by atoms with Gasteiger partial charge in [-0.3, -0.25) is 14.4 Å². The summed E-state index contributed by atoms with van der Waals surface area (Å²) in [5, 5.41) is 0. The number of hydrogen-bond acceptors (Lipinski definition) is 6. The zero-order valence-electron chi connectivity index (χ0n) is 38.0. The Morgan fingerprint density at radius 2 is 0.638 bits per heavy atom. The number of esters is 3. The first-order chi connectivity index (χ1) is 28.5. The highest BCUT2D eigenvalue weighted by atomic mass is 16.6. The van der Waals surface area contributed by atoms with E-state index in [4.69, 9.17) is 14.2 Å². The van der Waals surface area contributed by atoms with Gasteiger partial charge in [0.15, 0.2) is 6.10 Å². The van der Waals surface area contributed by atoms with Crippen LogP contribution in [0, 0.1) is 0 Å². The molecule has 6 nitrogen and oxygen atoms in total. The van der Waals surface area contributed by atoms with E-state index in [2.05, 4.69) is 81.5 Å². The second kappa shape index (κ2) is 46.8. The van der Waals surface area contributed by atoms with E-state index in [1.165, 1.54) is 96.3 Å². The van der Waals surface area contributed by atoms with Crippen LogP contribution in [0.2, 0.25) is 0 Å². The number of carbonyl (C=O) groups excluding carboxylic acids is 3. The monoisotopic (exact) mass is 811 g/mol. The van der Waals surface area contributed by atoms with Crippen molar-refractivity contribution < 1.29 is 28.6 Å². The molecule has 0 aliphatic carbocycles. The predicted molar refractivity (Wildman–Crippen MR) is 247 cm³/mol. The highest BCUT2D eigenvalue weighted by Crippen LogP contribution is 2.14. The quantitative estimate of drug-likeness (QED) is 0.0201. The normalized spacial score (nSPS) is 12.5. The summed E-state index contributed by atoms with van der Waals surface area (Å²) in [5.41, 5.74) is 0. The number of unbranched alkanes of at least 4 members (excludes halogenated alkanes) is 25. The highest BCUT2D eigenvalue weighted by molar-refractivity contribution is 5.71. The molecular formula is C52H90O6. The Bertz CT molecular complexity index is 1070. The van der Waals surface area contributed by atoms with Gasteiger partial charge in [0.1, 0.15) is 13.2 Å². The van der Waals surface area contributed by atoms with Gasteiger partial charge >= 0.3 is 17.9 Å². The summed E-state index contributed by atoms with van der Waals surface area (Å²) in [7, 11) is 0. The van der Waals surface area contributed by atoms with Gasteiger partial charge in [0.05, 0.1) is 0 Å². The first-order valence-corrected chi connectivity index (χ1v) is 24.3. The van der Waals surface area contributed by atoms with Crippen LogP contribution in [0.25, 0.3) is 0 Å². The van der Waals surface area contributed by atoms with E-state index in [0.29, 0.717) is 19.3 Å². The Morgan fingerprint density at radius 3 is 1.05 bits per heavy atom.